The first-order chi connectivity index (χ1) is 25.4. The van der Waals surface area contributed by atoms with Crippen LogP contribution in [0.2, 0.25) is 0 Å². The molecule has 0 bridgehead atoms. The van der Waals surface area contributed by atoms with E-state index in [9.17, 15) is 0 Å². The van der Waals surface area contributed by atoms with Crippen LogP contribution in [0.5, 0.6) is 0 Å². The zero-order valence-electron chi connectivity index (χ0n) is 31.0. The minimum atomic E-state index is -2.67. The first-order valence-electron chi connectivity index (χ1n) is 19.2. The number of halogens is 2. The summed E-state index contributed by atoms with van der Waals surface area (Å²) < 4.78 is 0. The summed E-state index contributed by atoms with van der Waals surface area (Å²) in [6, 6.07) is 66.6. The Morgan fingerprint density at radius 1 is 0.288 bits per heavy atom. The average molecular weight is 855 g/mol. The molecule has 52 heavy (non-hydrogen) atoms. The van der Waals surface area contributed by atoms with Crippen molar-refractivity contribution < 1.29 is 0 Å². The Bertz CT molecular complexity index is 1540. The van der Waals surface area contributed by atoms with E-state index in [0.717, 1.165) is 12.3 Å². The van der Waals surface area contributed by atoms with Gasteiger partial charge in [0.15, 0.2) is 0 Å². The van der Waals surface area contributed by atoms with E-state index < -0.39 is 10.6 Å². The molecule has 0 atom stereocenters. The molecular formula is C48H56Br2P2. The van der Waals surface area contributed by atoms with E-state index in [1.54, 1.807) is 0 Å². The van der Waals surface area contributed by atoms with Crippen LogP contribution in [0.3, 0.4) is 0 Å². The summed E-state index contributed by atoms with van der Waals surface area (Å²) >= 11 is 9.00. The fourth-order valence-electron chi connectivity index (χ4n) is 7.77. The quantitative estimate of drug-likeness (QED) is 0.0672. The van der Waals surface area contributed by atoms with E-state index in [1.165, 1.54) is 83.2 Å². The minimum absolute atomic E-state index is 1.16. The van der Waals surface area contributed by atoms with Crippen LogP contribution in [0, 0.1) is 0 Å². The Balaban J connectivity index is 0.000000201. The van der Waals surface area contributed by atoms with E-state index in [0.29, 0.717) is 0 Å². The third kappa shape index (κ3) is 8.43. The van der Waals surface area contributed by atoms with Gasteiger partial charge in [0.2, 0.25) is 0 Å². The summed E-state index contributed by atoms with van der Waals surface area (Å²) in [5.41, 5.74) is 0. The number of unbranched alkanes of at least 4 members (excludes halogenated alkanes) is 6. The zero-order chi connectivity index (χ0) is 36.6. The Hall–Kier alpha value is -2.86. The fourth-order valence-corrected chi connectivity index (χ4v) is 23.3. The van der Waals surface area contributed by atoms with Crippen molar-refractivity contribution in [3.8, 4) is 0 Å². The topological polar surface area (TPSA) is 0 Å². The monoisotopic (exact) mass is 852 g/mol. The van der Waals surface area contributed by atoms with Crippen LogP contribution in [0.25, 0.3) is 0 Å². The molecule has 272 valence electrons. The van der Waals surface area contributed by atoms with Gasteiger partial charge in [-0.15, -0.1) is 0 Å². The standard InChI is InChI=1S/2C24H28BrP/c2*1-2-3-4-14-21-26(25,22-15-8-5-9-16-22,23-17-10-6-11-18-23)24-19-12-7-13-20-24/h2*5-13,15-20H,2-4,14,21H2,1H3. The Labute approximate surface area is 330 Å². The van der Waals surface area contributed by atoms with Crippen molar-refractivity contribution >= 4 is 73.4 Å². The van der Waals surface area contributed by atoms with Gasteiger partial charge < -0.3 is 0 Å². The molecule has 0 radical (unpaired) electrons. The molecule has 6 rings (SSSR count). The SMILES string of the molecule is CCCCCCP(Br)(c1ccccc1)(c1ccccc1)c1ccccc1.CCCCCCP(Br)(c1ccccc1)(c1ccccc1)c1ccccc1. The fraction of sp³-hybridized carbons (Fsp3) is 0.250. The van der Waals surface area contributed by atoms with Crippen LogP contribution >= 0.6 is 41.6 Å². The summed E-state index contributed by atoms with van der Waals surface area (Å²) in [4.78, 5) is 0. The van der Waals surface area contributed by atoms with Gasteiger partial charge in [-0.2, -0.15) is 0 Å². The molecule has 0 heterocycles. The van der Waals surface area contributed by atoms with Gasteiger partial charge in [0.05, 0.1) is 0 Å². The summed E-state index contributed by atoms with van der Waals surface area (Å²) in [6.45, 7) is 4.55. The predicted molar refractivity (Wildman–Crippen MR) is 246 cm³/mol. The van der Waals surface area contributed by atoms with Crippen LogP contribution in [0.15, 0.2) is 182 Å². The molecule has 6 aromatic rings. The normalized spacial score (nSPS) is 13.1. The van der Waals surface area contributed by atoms with Crippen LogP contribution in [-0.2, 0) is 0 Å². The van der Waals surface area contributed by atoms with Crippen LogP contribution in [-0.4, -0.2) is 12.3 Å². The summed E-state index contributed by atoms with van der Waals surface area (Å²) in [5, 5.41) is 3.20. The van der Waals surface area contributed by atoms with Crippen molar-refractivity contribution in [1.82, 2.24) is 0 Å². The molecule has 0 aliphatic heterocycles. The van der Waals surface area contributed by atoms with E-state index in [2.05, 4.69) is 227 Å². The number of rotatable bonds is 16. The van der Waals surface area contributed by atoms with Gasteiger partial charge in [-0.05, 0) is 0 Å². The molecular weight excluding hydrogens is 798 g/mol. The second kappa shape index (κ2) is 18.9. The average Bonchev–Trinajstić information content (AvgIpc) is 3.23. The molecule has 0 unspecified atom stereocenters. The van der Waals surface area contributed by atoms with E-state index in [1.807, 2.05) is 0 Å². The summed E-state index contributed by atoms with van der Waals surface area (Å²) in [5.74, 6) is 0. The second-order valence-electron chi connectivity index (χ2n) is 13.9. The molecule has 0 spiro atoms. The van der Waals surface area contributed by atoms with Crippen LogP contribution < -0.4 is 31.8 Å². The molecule has 0 aliphatic carbocycles. The maximum absolute atomic E-state index is 4.50. The molecule has 0 fully saturated rings. The van der Waals surface area contributed by atoms with E-state index in [4.69, 9.17) is 0 Å². The molecule has 0 amide bonds. The Kier molecular flexibility index (Phi) is 14.7. The molecule has 0 aromatic heterocycles. The molecule has 0 saturated carbocycles. The molecule has 0 nitrogen and oxygen atoms in total. The molecule has 0 aliphatic rings. The zero-order valence-corrected chi connectivity index (χ0v) is 36.0. The van der Waals surface area contributed by atoms with Gasteiger partial charge in [-0.25, -0.2) is 0 Å². The van der Waals surface area contributed by atoms with Crippen molar-refractivity contribution in [2.24, 2.45) is 0 Å². The first kappa shape index (κ1) is 40.3. The molecule has 0 saturated heterocycles. The van der Waals surface area contributed by atoms with Gasteiger partial charge in [0, 0.05) is 0 Å². The van der Waals surface area contributed by atoms with Crippen molar-refractivity contribution in [2.75, 3.05) is 12.3 Å². The summed E-state index contributed by atoms with van der Waals surface area (Å²) in [7, 11) is 0. The van der Waals surface area contributed by atoms with Crippen LogP contribution in [0.1, 0.15) is 65.2 Å². The van der Waals surface area contributed by atoms with E-state index in [-0.39, 0.29) is 0 Å². The third-order valence-corrected chi connectivity index (χ3v) is 30.7. The van der Waals surface area contributed by atoms with Gasteiger partial charge in [0.25, 0.3) is 0 Å². The van der Waals surface area contributed by atoms with Gasteiger partial charge >= 0.3 is 333 Å². The van der Waals surface area contributed by atoms with E-state index >= 15 is 0 Å². The van der Waals surface area contributed by atoms with Crippen LogP contribution in [0.4, 0.5) is 0 Å². The predicted octanol–water partition coefficient (Wildman–Crippen LogP) is 12.8. The van der Waals surface area contributed by atoms with Gasteiger partial charge in [0.1, 0.15) is 0 Å². The van der Waals surface area contributed by atoms with Gasteiger partial charge in [-0.3, -0.25) is 0 Å². The Morgan fingerprint density at radius 2 is 0.481 bits per heavy atom. The maximum atomic E-state index is 4.50. The molecule has 0 N–H and O–H groups in total. The van der Waals surface area contributed by atoms with Gasteiger partial charge in [-0.1, -0.05) is 0 Å². The Morgan fingerprint density at radius 3 is 0.654 bits per heavy atom. The van der Waals surface area contributed by atoms with Crippen molar-refractivity contribution in [3.05, 3.63) is 182 Å². The van der Waals surface area contributed by atoms with Crippen molar-refractivity contribution in [2.45, 2.75) is 65.2 Å². The number of hydrogen-bond donors (Lipinski definition) is 0. The van der Waals surface area contributed by atoms with Crippen molar-refractivity contribution in [3.63, 3.8) is 0 Å². The molecule has 4 heteroatoms. The first-order valence-corrected chi connectivity index (χ1v) is 28.1. The summed E-state index contributed by atoms with van der Waals surface area (Å²) in [6.07, 6.45) is 12.5. The van der Waals surface area contributed by atoms with Crippen molar-refractivity contribution in [1.29, 1.82) is 0 Å². The number of benzene rings is 6. The number of hydrogen-bond acceptors (Lipinski definition) is 0. The second-order valence-corrected chi connectivity index (χ2v) is 32.1. The molecule has 6 aromatic carbocycles. The third-order valence-electron chi connectivity index (χ3n) is 10.6.